The van der Waals surface area contributed by atoms with Gasteiger partial charge in [0.05, 0.1) is 22.4 Å². The van der Waals surface area contributed by atoms with E-state index < -0.39 is 0 Å². The Hall–Kier alpha value is -7.42. The van der Waals surface area contributed by atoms with Gasteiger partial charge in [-0.15, -0.1) is 0 Å². The molecule has 0 saturated heterocycles. The number of hydrogen-bond donors (Lipinski definition) is 0. The molecule has 2 heterocycles. The summed E-state index contributed by atoms with van der Waals surface area (Å²) in [6.07, 6.45) is 2.43. The van der Waals surface area contributed by atoms with Gasteiger partial charge in [-0.05, 0) is 84.3 Å². The van der Waals surface area contributed by atoms with E-state index in [1.807, 2.05) is 6.07 Å². The van der Waals surface area contributed by atoms with E-state index in [1.54, 1.807) is 0 Å². The van der Waals surface area contributed by atoms with Crippen LogP contribution in [0.2, 0.25) is 0 Å². The van der Waals surface area contributed by atoms with E-state index in [9.17, 15) is 0 Å². The SMILES string of the molecule is C=C1c2ccc3ccccc3c2C(c2cccc(-c3ccc(-c4ccc5ccc6ccc(-c7ccccc7)nc6c5n4)c4ccccc34)c2)=CC1c1ccccc1. The minimum atomic E-state index is 0.0744. The van der Waals surface area contributed by atoms with Crippen LogP contribution in [0.5, 0.6) is 0 Å². The number of benzene rings is 8. The summed E-state index contributed by atoms with van der Waals surface area (Å²) in [6, 6.07) is 69.5. The Morgan fingerprint density at radius 2 is 0.930 bits per heavy atom. The molecule has 1 aliphatic rings. The lowest BCUT2D eigenvalue weighted by Gasteiger charge is -2.29. The second-order valence-corrected chi connectivity index (χ2v) is 15.0. The Morgan fingerprint density at radius 3 is 1.70 bits per heavy atom. The van der Waals surface area contributed by atoms with Crippen LogP contribution in [-0.4, -0.2) is 9.97 Å². The third-order valence-corrected chi connectivity index (χ3v) is 11.7. The summed E-state index contributed by atoms with van der Waals surface area (Å²) in [5.74, 6) is 0.0744. The molecular weight excluding hydrogens is 689 g/mol. The molecule has 2 nitrogen and oxygen atoms in total. The molecule has 10 aromatic rings. The fraction of sp³-hybridized carbons (Fsp3) is 0.0182. The molecule has 0 saturated carbocycles. The topological polar surface area (TPSA) is 25.8 Å². The van der Waals surface area contributed by atoms with Crippen molar-refractivity contribution in [3.63, 3.8) is 0 Å². The van der Waals surface area contributed by atoms with Gasteiger partial charge in [0.1, 0.15) is 0 Å². The van der Waals surface area contributed by atoms with Crippen LogP contribution in [0.3, 0.4) is 0 Å². The first kappa shape index (κ1) is 33.0. The highest BCUT2D eigenvalue weighted by Gasteiger charge is 2.27. The lowest BCUT2D eigenvalue weighted by atomic mass is 9.74. The molecule has 0 radical (unpaired) electrons. The quantitative estimate of drug-likeness (QED) is 0.165. The van der Waals surface area contributed by atoms with Gasteiger partial charge < -0.3 is 0 Å². The van der Waals surface area contributed by atoms with Crippen molar-refractivity contribution >= 4 is 54.5 Å². The highest BCUT2D eigenvalue weighted by atomic mass is 14.8. The van der Waals surface area contributed by atoms with Gasteiger partial charge in [0.15, 0.2) is 0 Å². The number of aromatic nitrogens is 2. The maximum absolute atomic E-state index is 5.34. The zero-order chi connectivity index (χ0) is 37.9. The summed E-state index contributed by atoms with van der Waals surface area (Å²) in [6.45, 7) is 4.68. The average molecular weight is 725 g/mol. The summed E-state index contributed by atoms with van der Waals surface area (Å²) >= 11 is 0. The third-order valence-electron chi connectivity index (χ3n) is 11.7. The Labute approximate surface area is 331 Å². The lowest BCUT2D eigenvalue weighted by molar-refractivity contribution is 1.09. The molecule has 266 valence electrons. The van der Waals surface area contributed by atoms with E-state index >= 15 is 0 Å². The molecule has 0 bridgehead atoms. The number of allylic oxidation sites excluding steroid dienone is 2. The summed E-state index contributed by atoms with van der Waals surface area (Å²) < 4.78 is 0. The van der Waals surface area contributed by atoms with Crippen LogP contribution in [0.4, 0.5) is 0 Å². The number of hydrogen-bond acceptors (Lipinski definition) is 2. The van der Waals surface area contributed by atoms with Crippen molar-refractivity contribution in [3.8, 4) is 33.6 Å². The second-order valence-electron chi connectivity index (χ2n) is 15.0. The predicted octanol–water partition coefficient (Wildman–Crippen LogP) is 14.3. The molecule has 2 aromatic heterocycles. The van der Waals surface area contributed by atoms with Crippen LogP contribution >= 0.6 is 0 Å². The minimum Gasteiger partial charge on any atom is -0.245 e. The number of rotatable bonds is 5. The van der Waals surface area contributed by atoms with Gasteiger partial charge in [-0.1, -0.05) is 189 Å². The molecule has 11 rings (SSSR count). The molecule has 1 aliphatic carbocycles. The van der Waals surface area contributed by atoms with Gasteiger partial charge in [0.25, 0.3) is 0 Å². The van der Waals surface area contributed by atoms with Crippen LogP contribution < -0.4 is 0 Å². The average Bonchev–Trinajstić information content (AvgIpc) is 3.29. The first-order valence-electron chi connectivity index (χ1n) is 19.5. The maximum atomic E-state index is 5.34. The largest absolute Gasteiger partial charge is 0.245 e. The summed E-state index contributed by atoms with van der Waals surface area (Å²) in [4.78, 5) is 10.5. The first-order chi connectivity index (χ1) is 28.2. The zero-order valence-corrected chi connectivity index (χ0v) is 31.2. The zero-order valence-electron chi connectivity index (χ0n) is 31.2. The maximum Gasteiger partial charge on any atom is 0.0972 e. The van der Waals surface area contributed by atoms with E-state index in [2.05, 4.69) is 201 Å². The highest BCUT2D eigenvalue weighted by molar-refractivity contribution is 6.09. The lowest BCUT2D eigenvalue weighted by Crippen LogP contribution is -2.09. The van der Waals surface area contributed by atoms with Crippen LogP contribution in [0.1, 0.15) is 28.2 Å². The van der Waals surface area contributed by atoms with Gasteiger partial charge in [-0.3, -0.25) is 0 Å². The van der Waals surface area contributed by atoms with Crippen molar-refractivity contribution in [2.24, 2.45) is 0 Å². The van der Waals surface area contributed by atoms with Crippen molar-refractivity contribution in [2.75, 3.05) is 0 Å². The molecule has 0 aliphatic heterocycles. The van der Waals surface area contributed by atoms with E-state index in [0.29, 0.717) is 0 Å². The van der Waals surface area contributed by atoms with Crippen molar-refractivity contribution < 1.29 is 0 Å². The number of fused-ring (bicyclic) bond motifs is 7. The van der Waals surface area contributed by atoms with E-state index in [1.165, 1.54) is 60.5 Å². The van der Waals surface area contributed by atoms with Crippen LogP contribution in [0, 0.1) is 0 Å². The Kier molecular flexibility index (Phi) is 7.75. The minimum absolute atomic E-state index is 0.0744. The fourth-order valence-electron chi connectivity index (χ4n) is 8.86. The van der Waals surface area contributed by atoms with Crippen LogP contribution in [-0.2, 0) is 0 Å². The van der Waals surface area contributed by atoms with E-state index in [-0.39, 0.29) is 5.92 Å². The van der Waals surface area contributed by atoms with Crippen LogP contribution in [0.25, 0.3) is 88.1 Å². The van der Waals surface area contributed by atoms with Crippen molar-refractivity contribution in [1.29, 1.82) is 0 Å². The Morgan fingerprint density at radius 1 is 0.386 bits per heavy atom. The second kappa shape index (κ2) is 13.4. The van der Waals surface area contributed by atoms with E-state index in [4.69, 9.17) is 9.97 Å². The Bertz CT molecular complexity index is 3250. The van der Waals surface area contributed by atoms with Gasteiger partial charge in [0.2, 0.25) is 0 Å². The predicted molar refractivity (Wildman–Crippen MR) is 240 cm³/mol. The van der Waals surface area contributed by atoms with Gasteiger partial charge in [0, 0.05) is 27.8 Å². The first-order valence-corrected chi connectivity index (χ1v) is 19.5. The van der Waals surface area contributed by atoms with Gasteiger partial charge in [-0.2, -0.15) is 0 Å². The van der Waals surface area contributed by atoms with E-state index in [0.717, 1.165) is 49.9 Å². The number of pyridine rings is 2. The van der Waals surface area contributed by atoms with Crippen molar-refractivity contribution in [1.82, 2.24) is 9.97 Å². The number of nitrogens with zero attached hydrogens (tertiary/aromatic N) is 2. The smallest absolute Gasteiger partial charge is 0.0972 e. The third kappa shape index (κ3) is 5.57. The Balaban J connectivity index is 1.05. The van der Waals surface area contributed by atoms with Crippen LogP contribution in [0.15, 0.2) is 207 Å². The molecule has 0 N–H and O–H groups in total. The van der Waals surface area contributed by atoms with Crippen molar-refractivity contribution in [3.05, 3.63) is 229 Å². The fourth-order valence-corrected chi connectivity index (χ4v) is 8.86. The van der Waals surface area contributed by atoms with Gasteiger partial charge >= 0.3 is 0 Å². The molecule has 1 atom stereocenters. The molecule has 0 fully saturated rings. The molecule has 0 amide bonds. The molecule has 2 heteroatoms. The molecule has 8 aromatic carbocycles. The molecular formula is C55H36N2. The highest BCUT2D eigenvalue weighted by Crippen LogP contribution is 2.47. The molecule has 57 heavy (non-hydrogen) atoms. The summed E-state index contributed by atoms with van der Waals surface area (Å²) in [5, 5.41) is 6.99. The normalized spacial score (nSPS) is 13.9. The standard InChI is InChI=1S/C55H36N2/c1-35-43-28-25-37-15-8-9-20-45(37)53(43)50(34-49(35)36-13-4-2-5-14-36)42-19-12-18-41(33-42)44-29-30-48(47-22-11-10-21-46(44)47)52-32-27-40-24-23-39-26-31-51(38-16-6-3-7-17-38)56-54(39)55(40)57-52/h2-34,49H,1H2. The van der Waals surface area contributed by atoms with Crippen molar-refractivity contribution in [2.45, 2.75) is 5.92 Å². The molecule has 0 spiro atoms. The summed E-state index contributed by atoms with van der Waals surface area (Å²) in [5.41, 5.74) is 15.5. The summed E-state index contributed by atoms with van der Waals surface area (Å²) in [7, 11) is 0. The van der Waals surface area contributed by atoms with Gasteiger partial charge in [-0.25, -0.2) is 9.97 Å². The monoisotopic (exact) mass is 724 g/mol. The molecule has 1 unspecified atom stereocenters.